The molecule has 2 aromatic rings. The summed E-state index contributed by atoms with van der Waals surface area (Å²) in [5.74, 6) is -0.0898. The molecule has 0 saturated heterocycles. The summed E-state index contributed by atoms with van der Waals surface area (Å²) in [6.07, 6.45) is 5.60. The van der Waals surface area contributed by atoms with Crippen molar-refractivity contribution in [3.05, 3.63) is 58.1 Å². The van der Waals surface area contributed by atoms with E-state index in [4.69, 9.17) is 16.3 Å². The maximum absolute atomic E-state index is 12.7. The predicted octanol–water partition coefficient (Wildman–Crippen LogP) is 3.87. The minimum Gasteiger partial charge on any atom is -0.495 e. The molecule has 0 radical (unpaired) electrons. The van der Waals surface area contributed by atoms with Crippen molar-refractivity contribution < 1.29 is 17.9 Å². The molecular weight excluding hydrogens is 424 g/mol. The van der Waals surface area contributed by atoms with Gasteiger partial charge in [0.05, 0.1) is 25.1 Å². The average Bonchev–Trinajstić information content (AvgIpc) is 2.70. The number of nitrogens with zero attached hydrogens (tertiary/aromatic N) is 1. The van der Waals surface area contributed by atoms with Gasteiger partial charge in [-0.1, -0.05) is 29.8 Å². The lowest BCUT2D eigenvalue weighted by atomic mass is 9.89. The van der Waals surface area contributed by atoms with Crippen LogP contribution in [0.3, 0.4) is 0 Å². The molecule has 1 atom stereocenters. The Balaban J connectivity index is 1.78. The number of sulfonamides is 1. The summed E-state index contributed by atoms with van der Waals surface area (Å²) < 4.78 is 31.1. The standard InChI is InChI=1S/C22H27ClN2O4S/c1-15(17-9-8-16-6-4-5-7-18(16)12-17)24-22(26)14-25(30(3,27)28)20-13-19(23)10-11-21(20)29-2/h8-13,15H,4-7,14H2,1-3H3,(H,24,26)/t15-/m1/s1. The normalized spacial score (nSPS) is 14.5. The highest BCUT2D eigenvalue weighted by Crippen LogP contribution is 2.32. The van der Waals surface area contributed by atoms with Gasteiger partial charge >= 0.3 is 0 Å². The molecule has 30 heavy (non-hydrogen) atoms. The quantitative estimate of drug-likeness (QED) is 0.694. The van der Waals surface area contributed by atoms with Crippen molar-refractivity contribution in [3.63, 3.8) is 0 Å². The Hall–Kier alpha value is -2.25. The smallest absolute Gasteiger partial charge is 0.241 e. The Morgan fingerprint density at radius 2 is 1.87 bits per heavy atom. The van der Waals surface area contributed by atoms with Crippen molar-refractivity contribution in [2.75, 3.05) is 24.2 Å². The molecule has 1 aliphatic carbocycles. The fraction of sp³-hybridized carbons (Fsp3) is 0.409. The first kappa shape index (κ1) is 22.4. The Morgan fingerprint density at radius 3 is 2.53 bits per heavy atom. The van der Waals surface area contributed by atoms with Crippen molar-refractivity contribution in [2.24, 2.45) is 0 Å². The first-order valence-corrected chi connectivity index (χ1v) is 12.1. The highest BCUT2D eigenvalue weighted by Gasteiger charge is 2.25. The number of anilines is 1. The zero-order valence-corrected chi connectivity index (χ0v) is 19.0. The highest BCUT2D eigenvalue weighted by atomic mass is 35.5. The number of hydrogen-bond donors (Lipinski definition) is 1. The highest BCUT2D eigenvalue weighted by molar-refractivity contribution is 7.92. The Bertz CT molecular complexity index is 1040. The number of benzene rings is 2. The van der Waals surface area contributed by atoms with Gasteiger partial charge in [-0.25, -0.2) is 8.42 Å². The van der Waals surface area contributed by atoms with Crippen LogP contribution < -0.4 is 14.4 Å². The second-order valence-electron chi connectivity index (χ2n) is 7.61. The van der Waals surface area contributed by atoms with Gasteiger partial charge in [0.15, 0.2) is 0 Å². The van der Waals surface area contributed by atoms with Gasteiger partial charge in [0.25, 0.3) is 0 Å². The molecule has 1 N–H and O–H groups in total. The van der Waals surface area contributed by atoms with Gasteiger partial charge in [-0.15, -0.1) is 0 Å². The first-order valence-electron chi connectivity index (χ1n) is 9.91. The number of rotatable bonds is 7. The number of methoxy groups -OCH3 is 1. The van der Waals surface area contributed by atoms with Gasteiger partial charge in [0.2, 0.25) is 15.9 Å². The first-order chi connectivity index (χ1) is 14.2. The van der Waals surface area contributed by atoms with Crippen LogP contribution in [0.2, 0.25) is 5.02 Å². The molecular formula is C22H27ClN2O4S. The SMILES string of the molecule is COc1ccc(Cl)cc1N(CC(=O)N[C@H](C)c1ccc2c(c1)CCCC2)S(C)(=O)=O. The van der Waals surface area contributed by atoms with E-state index < -0.39 is 15.9 Å². The number of nitrogens with one attached hydrogen (secondary N) is 1. The van der Waals surface area contributed by atoms with Crippen LogP contribution in [0, 0.1) is 0 Å². The van der Waals surface area contributed by atoms with Gasteiger partial charge in [-0.3, -0.25) is 9.10 Å². The maximum Gasteiger partial charge on any atom is 0.241 e. The molecule has 0 bridgehead atoms. The topological polar surface area (TPSA) is 75.7 Å². The molecule has 3 rings (SSSR count). The van der Waals surface area contributed by atoms with Gasteiger partial charge in [-0.05, 0) is 67.5 Å². The van der Waals surface area contributed by atoms with E-state index in [2.05, 4.69) is 17.4 Å². The fourth-order valence-electron chi connectivity index (χ4n) is 3.76. The molecule has 162 valence electrons. The molecule has 0 unspecified atom stereocenters. The third kappa shape index (κ3) is 5.26. The van der Waals surface area contributed by atoms with E-state index >= 15 is 0 Å². The molecule has 2 aromatic carbocycles. The Kier molecular flexibility index (Phi) is 6.93. The summed E-state index contributed by atoms with van der Waals surface area (Å²) in [6.45, 7) is 1.53. The molecule has 0 spiro atoms. The maximum atomic E-state index is 12.7. The van der Waals surface area contributed by atoms with Crippen LogP contribution >= 0.6 is 11.6 Å². The lowest BCUT2D eigenvalue weighted by Gasteiger charge is -2.25. The van der Waals surface area contributed by atoms with Crippen LogP contribution in [-0.4, -0.2) is 34.2 Å². The largest absolute Gasteiger partial charge is 0.495 e. The third-order valence-corrected chi connectivity index (χ3v) is 6.71. The van der Waals surface area contributed by atoms with Crippen molar-refractivity contribution in [3.8, 4) is 5.75 Å². The third-order valence-electron chi connectivity index (χ3n) is 5.35. The minimum absolute atomic E-state index is 0.226. The van der Waals surface area contributed by atoms with Crippen molar-refractivity contribution in [2.45, 2.75) is 38.6 Å². The summed E-state index contributed by atoms with van der Waals surface area (Å²) in [5.41, 5.74) is 3.94. The molecule has 0 heterocycles. The van der Waals surface area contributed by atoms with Crippen molar-refractivity contribution in [1.29, 1.82) is 0 Å². The number of fused-ring (bicyclic) bond motifs is 1. The van der Waals surface area contributed by atoms with Gasteiger partial charge in [-0.2, -0.15) is 0 Å². The number of carbonyl (C=O) groups excluding carboxylic acids is 1. The van der Waals surface area contributed by atoms with Crippen LogP contribution in [0.15, 0.2) is 36.4 Å². The summed E-state index contributed by atoms with van der Waals surface area (Å²) in [6, 6.07) is 10.7. The second-order valence-corrected chi connectivity index (χ2v) is 9.95. The summed E-state index contributed by atoms with van der Waals surface area (Å²) in [7, 11) is -2.31. The van der Waals surface area contributed by atoms with Crippen molar-refractivity contribution >= 4 is 33.2 Å². The average molecular weight is 451 g/mol. The Labute approximate surface area is 183 Å². The predicted molar refractivity (Wildman–Crippen MR) is 120 cm³/mol. The van der Waals surface area contributed by atoms with E-state index in [0.29, 0.717) is 10.8 Å². The van der Waals surface area contributed by atoms with Crippen molar-refractivity contribution in [1.82, 2.24) is 5.32 Å². The van der Waals surface area contributed by atoms with Crippen LogP contribution in [0.1, 0.15) is 42.5 Å². The van der Waals surface area contributed by atoms with Crippen LogP contribution in [0.4, 0.5) is 5.69 Å². The van der Waals surface area contributed by atoms with Gasteiger partial charge in [0, 0.05) is 5.02 Å². The van der Waals surface area contributed by atoms with E-state index in [-0.39, 0.29) is 18.3 Å². The molecule has 1 aliphatic rings. The van der Waals surface area contributed by atoms with E-state index in [1.165, 1.54) is 37.1 Å². The number of ether oxygens (including phenoxy) is 1. The molecule has 0 aliphatic heterocycles. The van der Waals surface area contributed by atoms with E-state index in [1.807, 2.05) is 13.0 Å². The molecule has 0 saturated carbocycles. The van der Waals surface area contributed by atoms with E-state index in [0.717, 1.165) is 29.0 Å². The zero-order chi connectivity index (χ0) is 21.9. The number of halogens is 1. The number of hydrogen-bond acceptors (Lipinski definition) is 4. The fourth-order valence-corrected chi connectivity index (χ4v) is 4.78. The lowest BCUT2D eigenvalue weighted by molar-refractivity contribution is -0.120. The minimum atomic E-state index is -3.74. The van der Waals surface area contributed by atoms with E-state index in [1.54, 1.807) is 12.1 Å². The molecule has 1 amide bonds. The van der Waals surface area contributed by atoms with E-state index in [9.17, 15) is 13.2 Å². The van der Waals surface area contributed by atoms with Gasteiger partial charge < -0.3 is 10.1 Å². The zero-order valence-electron chi connectivity index (χ0n) is 17.4. The Morgan fingerprint density at radius 1 is 1.17 bits per heavy atom. The summed E-state index contributed by atoms with van der Waals surface area (Å²) in [5, 5.41) is 3.26. The van der Waals surface area contributed by atoms with Crippen LogP contribution in [0.25, 0.3) is 0 Å². The van der Waals surface area contributed by atoms with Gasteiger partial charge in [0.1, 0.15) is 12.3 Å². The lowest BCUT2D eigenvalue weighted by Crippen LogP contribution is -2.41. The molecule has 8 heteroatoms. The van der Waals surface area contributed by atoms with Crippen LogP contribution in [-0.2, 0) is 27.7 Å². The number of amides is 1. The number of aryl methyl sites for hydroxylation is 2. The second kappa shape index (κ2) is 9.27. The van der Waals surface area contributed by atoms with Crippen LogP contribution in [0.5, 0.6) is 5.75 Å². The molecule has 0 fully saturated rings. The summed E-state index contributed by atoms with van der Waals surface area (Å²) in [4.78, 5) is 12.7. The number of carbonyl (C=O) groups is 1. The summed E-state index contributed by atoms with van der Waals surface area (Å²) >= 11 is 6.05. The molecule has 6 nitrogen and oxygen atoms in total. The monoisotopic (exact) mass is 450 g/mol. The molecule has 0 aromatic heterocycles.